The standard InChI is InChI=1S/C14H20N2O4S/c1-15(11-12-7-3-2-4-8-12)21(19,20)16-10-6-5-9-13(16)14(17)18/h2-4,7-8,13H,5-6,9-11H2,1H3,(H,17,18)/t13-/m1/s1. The second-order valence-electron chi connectivity index (χ2n) is 5.21. The molecule has 1 N–H and O–H groups in total. The second-order valence-corrected chi connectivity index (χ2v) is 7.20. The Morgan fingerprint density at radius 1 is 1.33 bits per heavy atom. The van der Waals surface area contributed by atoms with Gasteiger partial charge in [-0.1, -0.05) is 30.3 Å². The lowest BCUT2D eigenvalue weighted by Crippen LogP contribution is -2.52. The smallest absolute Gasteiger partial charge is 0.322 e. The van der Waals surface area contributed by atoms with E-state index in [1.807, 2.05) is 30.3 Å². The molecule has 1 fully saturated rings. The molecule has 1 aromatic rings. The van der Waals surface area contributed by atoms with Gasteiger partial charge < -0.3 is 5.11 Å². The lowest BCUT2D eigenvalue weighted by Gasteiger charge is -2.34. The predicted molar refractivity (Wildman–Crippen MR) is 78.8 cm³/mol. The van der Waals surface area contributed by atoms with E-state index in [2.05, 4.69) is 0 Å². The summed E-state index contributed by atoms with van der Waals surface area (Å²) >= 11 is 0. The maximum absolute atomic E-state index is 12.6. The minimum absolute atomic E-state index is 0.228. The van der Waals surface area contributed by atoms with Crippen molar-refractivity contribution < 1.29 is 18.3 Å². The van der Waals surface area contributed by atoms with Gasteiger partial charge in [0.15, 0.2) is 0 Å². The second kappa shape index (κ2) is 6.55. The van der Waals surface area contributed by atoms with Crippen molar-refractivity contribution >= 4 is 16.2 Å². The minimum Gasteiger partial charge on any atom is -0.480 e. The molecule has 0 bridgehead atoms. The Hall–Kier alpha value is -1.44. The molecular weight excluding hydrogens is 292 g/mol. The van der Waals surface area contributed by atoms with Gasteiger partial charge in [-0.05, 0) is 24.8 Å². The van der Waals surface area contributed by atoms with Gasteiger partial charge in [-0.25, -0.2) is 0 Å². The fraction of sp³-hybridized carbons (Fsp3) is 0.500. The van der Waals surface area contributed by atoms with E-state index >= 15 is 0 Å². The highest BCUT2D eigenvalue weighted by atomic mass is 32.2. The van der Waals surface area contributed by atoms with Crippen molar-refractivity contribution in [3.63, 3.8) is 0 Å². The number of aliphatic carboxylic acids is 1. The summed E-state index contributed by atoms with van der Waals surface area (Å²) in [4.78, 5) is 11.3. The molecule has 1 aliphatic rings. The van der Waals surface area contributed by atoms with Gasteiger partial charge in [0.1, 0.15) is 6.04 Å². The van der Waals surface area contributed by atoms with Crippen molar-refractivity contribution in [3.05, 3.63) is 35.9 Å². The quantitative estimate of drug-likeness (QED) is 0.889. The van der Waals surface area contributed by atoms with E-state index in [1.54, 1.807) is 0 Å². The van der Waals surface area contributed by atoms with Crippen molar-refractivity contribution in [2.75, 3.05) is 13.6 Å². The van der Waals surface area contributed by atoms with Gasteiger partial charge in [0, 0.05) is 20.1 Å². The summed E-state index contributed by atoms with van der Waals surface area (Å²) in [7, 11) is -2.29. The van der Waals surface area contributed by atoms with Gasteiger partial charge in [-0.2, -0.15) is 17.0 Å². The van der Waals surface area contributed by atoms with E-state index in [0.29, 0.717) is 12.8 Å². The van der Waals surface area contributed by atoms with Crippen LogP contribution in [0.15, 0.2) is 30.3 Å². The molecule has 0 amide bonds. The first kappa shape index (κ1) is 15.9. The zero-order valence-electron chi connectivity index (χ0n) is 12.0. The van der Waals surface area contributed by atoms with E-state index in [9.17, 15) is 18.3 Å². The maximum Gasteiger partial charge on any atom is 0.322 e. The Bertz CT molecular complexity index is 588. The van der Waals surface area contributed by atoms with Gasteiger partial charge in [0.05, 0.1) is 0 Å². The summed E-state index contributed by atoms with van der Waals surface area (Å²) in [6.07, 6.45) is 1.81. The predicted octanol–water partition coefficient (Wildman–Crippen LogP) is 1.30. The van der Waals surface area contributed by atoms with Gasteiger partial charge in [0.2, 0.25) is 0 Å². The molecular formula is C14H20N2O4S. The largest absolute Gasteiger partial charge is 0.480 e. The first-order valence-corrected chi connectivity index (χ1v) is 8.32. The highest BCUT2D eigenvalue weighted by Crippen LogP contribution is 2.23. The monoisotopic (exact) mass is 312 g/mol. The first-order valence-electron chi connectivity index (χ1n) is 6.93. The lowest BCUT2D eigenvalue weighted by molar-refractivity contribution is -0.142. The van der Waals surface area contributed by atoms with Crippen molar-refractivity contribution in [1.29, 1.82) is 0 Å². The van der Waals surface area contributed by atoms with E-state index in [1.165, 1.54) is 11.4 Å². The van der Waals surface area contributed by atoms with E-state index in [0.717, 1.165) is 16.3 Å². The Balaban J connectivity index is 2.17. The molecule has 1 atom stereocenters. The van der Waals surface area contributed by atoms with Crippen LogP contribution in [0.4, 0.5) is 0 Å². The summed E-state index contributed by atoms with van der Waals surface area (Å²) in [5.74, 6) is -1.08. The van der Waals surface area contributed by atoms with Gasteiger partial charge in [-0.15, -0.1) is 0 Å². The number of carboxylic acid groups (broad SMARTS) is 1. The van der Waals surface area contributed by atoms with E-state index in [-0.39, 0.29) is 13.1 Å². The number of nitrogens with zero attached hydrogens (tertiary/aromatic N) is 2. The molecule has 0 aromatic heterocycles. The average Bonchev–Trinajstić information content (AvgIpc) is 2.48. The molecule has 0 radical (unpaired) electrons. The number of carbonyl (C=O) groups is 1. The van der Waals surface area contributed by atoms with Gasteiger partial charge in [-0.3, -0.25) is 4.79 Å². The third-order valence-electron chi connectivity index (χ3n) is 3.68. The average molecular weight is 312 g/mol. The molecule has 21 heavy (non-hydrogen) atoms. The molecule has 0 saturated carbocycles. The Kier molecular flexibility index (Phi) is 4.97. The fourth-order valence-electron chi connectivity index (χ4n) is 2.53. The van der Waals surface area contributed by atoms with Crippen molar-refractivity contribution in [1.82, 2.24) is 8.61 Å². The fourth-order valence-corrected chi connectivity index (χ4v) is 4.08. The maximum atomic E-state index is 12.6. The van der Waals surface area contributed by atoms with Gasteiger partial charge in [0.25, 0.3) is 10.2 Å². The van der Waals surface area contributed by atoms with Crippen LogP contribution in [-0.2, 0) is 21.5 Å². The lowest BCUT2D eigenvalue weighted by atomic mass is 10.1. The molecule has 1 aromatic carbocycles. The number of benzene rings is 1. The third kappa shape index (κ3) is 3.61. The van der Waals surface area contributed by atoms with Crippen LogP contribution in [-0.4, -0.2) is 47.7 Å². The highest BCUT2D eigenvalue weighted by molar-refractivity contribution is 7.86. The normalized spacial score (nSPS) is 20.6. The number of piperidine rings is 1. The molecule has 1 saturated heterocycles. The van der Waals surface area contributed by atoms with E-state index in [4.69, 9.17) is 0 Å². The molecule has 0 unspecified atom stereocenters. The molecule has 2 rings (SSSR count). The van der Waals surface area contributed by atoms with Crippen LogP contribution in [0, 0.1) is 0 Å². The van der Waals surface area contributed by atoms with Crippen LogP contribution in [0.5, 0.6) is 0 Å². The Morgan fingerprint density at radius 3 is 2.62 bits per heavy atom. The van der Waals surface area contributed by atoms with Crippen LogP contribution >= 0.6 is 0 Å². The highest BCUT2D eigenvalue weighted by Gasteiger charge is 2.38. The zero-order chi connectivity index (χ0) is 15.5. The van der Waals surface area contributed by atoms with Crippen molar-refractivity contribution in [3.8, 4) is 0 Å². The Labute approximate surface area is 125 Å². The van der Waals surface area contributed by atoms with Crippen LogP contribution < -0.4 is 0 Å². The zero-order valence-corrected chi connectivity index (χ0v) is 12.8. The number of carboxylic acids is 1. The summed E-state index contributed by atoms with van der Waals surface area (Å²) in [5.41, 5.74) is 0.868. The molecule has 0 aliphatic carbocycles. The number of hydrogen-bond acceptors (Lipinski definition) is 3. The molecule has 116 valence electrons. The first-order chi connectivity index (χ1) is 9.93. The minimum atomic E-state index is -3.77. The summed E-state index contributed by atoms with van der Waals surface area (Å²) in [5, 5.41) is 9.22. The topological polar surface area (TPSA) is 77.9 Å². The summed E-state index contributed by atoms with van der Waals surface area (Å²) in [6, 6.07) is 8.28. The number of hydrogen-bond donors (Lipinski definition) is 1. The summed E-state index contributed by atoms with van der Waals surface area (Å²) in [6.45, 7) is 0.491. The third-order valence-corrected chi connectivity index (χ3v) is 5.62. The van der Waals surface area contributed by atoms with Crippen LogP contribution in [0.1, 0.15) is 24.8 Å². The molecule has 6 nitrogen and oxygen atoms in total. The SMILES string of the molecule is CN(Cc1ccccc1)S(=O)(=O)N1CCCC[C@@H]1C(=O)O. The van der Waals surface area contributed by atoms with Crippen molar-refractivity contribution in [2.45, 2.75) is 31.8 Å². The van der Waals surface area contributed by atoms with Gasteiger partial charge >= 0.3 is 5.97 Å². The molecule has 1 aliphatic heterocycles. The summed E-state index contributed by atoms with van der Waals surface area (Å²) < 4.78 is 27.5. The van der Waals surface area contributed by atoms with Crippen LogP contribution in [0.25, 0.3) is 0 Å². The van der Waals surface area contributed by atoms with Crippen molar-refractivity contribution in [2.24, 2.45) is 0 Å². The van der Waals surface area contributed by atoms with Crippen LogP contribution in [0.3, 0.4) is 0 Å². The van der Waals surface area contributed by atoms with Crippen LogP contribution in [0.2, 0.25) is 0 Å². The number of rotatable bonds is 5. The molecule has 0 spiro atoms. The Morgan fingerprint density at radius 2 is 2.00 bits per heavy atom. The molecule has 7 heteroatoms. The molecule has 1 heterocycles. The van der Waals surface area contributed by atoms with E-state index < -0.39 is 22.2 Å².